The maximum atomic E-state index is 13.6. The molecule has 0 saturated carbocycles. The lowest BCUT2D eigenvalue weighted by molar-refractivity contribution is 0.146. The van der Waals surface area contributed by atoms with Crippen LogP contribution < -0.4 is 11.1 Å². The van der Waals surface area contributed by atoms with Gasteiger partial charge in [0.25, 0.3) is 0 Å². The number of imidazole rings is 1. The van der Waals surface area contributed by atoms with Crippen molar-refractivity contribution in [1.82, 2.24) is 24.8 Å². The molecular weight excluding hydrogens is 375 g/mol. The van der Waals surface area contributed by atoms with Gasteiger partial charge < -0.3 is 20.4 Å². The number of hydrogen-bond acceptors (Lipinski definition) is 6. The molecule has 8 nitrogen and oxygen atoms in total. The van der Waals surface area contributed by atoms with Crippen LogP contribution in [0.4, 0.5) is 15.0 Å². The number of anilines is 1. The molecular formula is C20H21FN6O2. The Bertz CT molecular complexity index is 1140. The fourth-order valence-corrected chi connectivity index (χ4v) is 2.69. The average Bonchev–Trinajstić information content (AvgIpc) is 2.97. The second-order valence-corrected chi connectivity index (χ2v) is 6.83. The van der Waals surface area contributed by atoms with Gasteiger partial charge in [-0.2, -0.15) is 0 Å². The first-order valence-corrected chi connectivity index (χ1v) is 8.94. The van der Waals surface area contributed by atoms with Crippen molar-refractivity contribution < 1.29 is 13.9 Å². The van der Waals surface area contributed by atoms with Crippen molar-refractivity contribution in [2.75, 3.05) is 12.3 Å². The predicted molar refractivity (Wildman–Crippen MR) is 107 cm³/mol. The predicted octanol–water partition coefficient (Wildman–Crippen LogP) is 2.63. The van der Waals surface area contributed by atoms with Gasteiger partial charge in [-0.15, -0.1) is 0 Å². The van der Waals surface area contributed by atoms with Gasteiger partial charge in [-0.3, -0.25) is 0 Å². The standard InChI is InChI=1S/C20H21FN6O2/c1-5-29-19(28)26-20(2,3)10-9-14-23-16(22)15-18(24-14)27(4)17(25-15)12-7-6-8-13(21)11-12/h6-8,11H,5H2,1-4H3,(H,26,28)(H2,22,23,24). The van der Waals surface area contributed by atoms with E-state index in [4.69, 9.17) is 10.5 Å². The summed E-state index contributed by atoms with van der Waals surface area (Å²) in [6.07, 6.45) is -0.561. The third-order valence-electron chi connectivity index (χ3n) is 4.01. The van der Waals surface area contributed by atoms with Crippen LogP contribution in [0.25, 0.3) is 22.6 Å². The summed E-state index contributed by atoms with van der Waals surface area (Å²) in [7, 11) is 1.76. The van der Waals surface area contributed by atoms with E-state index >= 15 is 0 Å². The Morgan fingerprint density at radius 3 is 2.79 bits per heavy atom. The van der Waals surface area contributed by atoms with E-state index in [1.165, 1.54) is 12.1 Å². The molecule has 0 aliphatic heterocycles. The molecule has 0 spiro atoms. The van der Waals surface area contributed by atoms with E-state index < -0.39 is 11.6 Å². The average molecular weight is 396 g/mol. The largest absolute Gasteiger partial charge is 0.450 e. The van der Waals surface area contributed by atoms with Gasteiger partial charge in [0.1, 0.15) is 11.6 Å². The van der Waals surface area contributed by atoms with Crippen molar-refractivity contribution in [2.24, 2.45) is 7.05 Å². The minimum absolute atomic E-state index is 0.161. The van der Waals surface area contributed by atoms with E-state index in [-0.39, 0.29) is 24.1 Å². The number of benzene rings is 1. The fraction of sp³-hybridized carbons (Fsp3) is 0.300. The van der Waals surface area contributed by atoms with Crippen molar-refractivity contribution >= 4 is 23.1 Å². The Labute approximate surface area is 167 Å². The van der Waals surface area contributed by atoms with Gasteiger partial charge in [0.15, 0.2) is 17.0 Å². The van der Waals surface area contributed by atoms with Crippen LogP contribution >= 0.6 is 0 Å². The molecule has 0 aliphatic carbocycles. The number of nitrogens with zero attached hydrogens (tertiary/aromatic N) is 4. The van der Waals surface area contributed by atoms with Crippen LogP contribution in [0.3, 0.4) is 0 Å². The number of carbonyl (C=O) groups is 1. The topological polar surface area (TPSA) is 108 Å². The Balaban J connectivity index is 1.98. The Kier molecular flexibility index (Phi) is 5.37. The smallest absolute Gasteiger partial charge is 0.408 e. The molecule has 3 aromatic rings. The lowest BCUT2D eigenvalue weighted by Gasteiger charge is -2.18. The Morgan fingerprint density at radius 2 is 2.10 bits per heavy atom. The zero-order chi connectivity index (χ0) is 21.2. The summed E-state index contributed by atoms with van der Waals surface area (Å²) in [6.45, 7) is 5.44. The summed E-state index contributed by atoms with van der Waals surface area (Å²) in [5, 5.41) is 2.65. The first kappa shape index (κ1) is 20.1. The van der Waals surface area contributed by atoms with E-state index in [0.717, 1.165) is 0 Å². The van der Waals surface area contributed by atoms with Crippen LogP contribution in [0, 0.1) is 17.7 Å². The van der Waals surface area contributed by atoms with E-state index in [2.05, 4.69) is 32.1 Å². The van der Waals surface area contributed by atoms with Crippen molar-refractivity contribution in [2.45, 2.75) is 26.3 Å². The quantitative estimate of drug-likeness (QED) is 0.659. The number of carbonyl (C=O) groups excluding carboxylic acids is 1. The highest BCUT2D eigenvalue weighted by molar-refractivity contribution is 5.85. The molecule has 3 N–H and O–H groups in total. The first-order valence-electron chi connectivity index (χ1n) is 8.94. The number of aryl methyl sites for hydroxylation is 1. The molecule has 1 aromatic carbocycles. The lowest BCUT2D eigenvalue weighted by Crippen LogP contribution is -2.42. The number of rotatable bonds is 3. The summed E-state index contributed by atoms with van der Waals surface area (Å²) in [5.74, 6) is 6.22. The highest BCUT2D eigenvalue weighted by Gasteiger charge is 2.19. The molecule has 3 rings (SSSR count). The van der Waals surface area contributed by atoms with Gasteiger partial charge in [-0.25, -0.2) is 24.1 Å². The van der Waals surface area contributed by atoms with Crippen molar-refractivity contribution in [3.63, 3.8) is 0 Å². The van der Waals surface area contributed by atoms with E-state index in [1.807, 2.05) is 0 Å². The molecule has 0 fully saturated rings. The molecule has 0 radical (unpaired) electrons. The molecule has 2 aromatic heterocycles. The zero-order valence-corrected chi connectivity index (χ0v) is 16.6. The number of nitrogens with two attached hydrogens (primary N) is 1. The maximum Gasteiger partial charge on any atom is 0.408 e. The van der Waals surface area contributed by atoms with Crippen LogP contribution in [-0.2, 0) is 11.8 Å². The van der Waals surface area contributed by atoms with Gasteiger partial charge >= 0.3 is 6.09 Å². The number of aromatic nitrogens is 4. The van der Waals surface area contributed by atoms with Crippen molar-refractivity contribution in [3.05, 3.63) is 35.9 Å². The third-order valence-corrected chi connectivity index (χ3v) is 4.01. The van der Waals surface area contributed by atoms with E-state index in [9.17, 15) is 9.18 Å². The number of fused-ring (bicyclic) bond motifs is 1. The highest BCUT2D eigenvalue weighted by atomic mass is 19.1. The molecule has 29 heavy (non-hydrogen) atoms. The molecule has 1 amide bonds. The SMILES string of the molecule is CCOC(=O)NC(C)(C)C#Cc1nc(N)c2nc(-c3cccc(F)c3)n(C)c2n1. The van der Waals surface area contributed by atoms with Gasteiger partial charge in [0.05, 0.1) is 12.1 Å². The number of hydrogen-bond donors (Lipinski definition) is 2. The molecule has 0 bridgehead atoms. The summed E-state index contributed by atoms with van der Waals surface area (Å²) >= 11 is 0. The number of ether oxygens (including phenoxy) is 1. The summed E-state index contributed by atoms with van der Waals surface area (Å²) < 4.78 is 20.2. The summed E-state index contributed by atoms with van der Waals surface area (Å²) in [4.78, 5) is 24.7. The third kappa shape index (κ3) is 4.43. The number of halogens is 1. The molecule has 0 atom stereocenters. The van der Waals surface area contributed by atoms with Gasteiger partial charge in [0, 0.05) is 12.6 Å². The summed E-state index contributed by atoms with van der Waals surface area (Å²) in [6, 6.07) is 6.10. The first-order chi connectivity index (χ1) is 13.7. The minimum atomic E-state index is -0.863. The molecule has 0 aliphatic rings. The van der Waals surface area contributed by atoms with Crippen LogP contribution in [0.2, 0.25) is 0 Å². The second-order valence-electron chi connectivity index (χ2n) is 6.83. The highest BCUT2D eigenvalue weighted by Crippen LogP contribution is 2.25. The van der Waals surface area contributed by atoms with Crippen LogP contribution in [-0.4, -0.2) is 37.8 Å². The van der Waals surface area contributed by atoms with Crippen LogP contribution in [0.15, 0.2) is 24.3 Å². The monoisotopic (exact) mass is 396 g/mol. The summed E-state index contributed by atoms with van der Waals surface area (Å²) in [5.41, 5.74) is 6.65. The normalized spacial score (nSPS) is 11.1. The minimum Gasteiger partial charge on any atom is -0.450 e. The number of nitrogen functional groups attached to an aromatic ring is 1. The molecule has 9 heteroatoms. The number of alkyl carbamates (subject to hydrolysis) is 1. The zero-order valence-electron chi connectivity index (χ0n) is 16.6. The number of nitrogens with one attached hydrogen (secondary N) is 1. The molecule has 0 saturated heterocycles. The van der Waals surface area contributed by atoms with Gasteiger partial charge in [0.2, 0.25) is 5.82 Å². The Hall–Kier alpha value is -3.67. The van der Waals surface area contributed by atoms with Crippen LogP contribution in [0.1, 0.15) is 26.6 Å². The van der Waals surface area contributed by atoms with Crippen LogP contribution in [0.5, 0.6) is 0 Å². The van der Waals surface area contributed by atoms with E-state index in [1.54, 1.807) is 44.5 Å². The van der Waals surface area contributed by atoms with Crippen molar-refractivity contribution in [1.29, 1.82) is 0 Å². The molecule has 150 valence electrons. The van der Waals surface area contributed by atoms with Gasteiger partial charge in [-0.05, 0) is 38.8 Å². The second kappa shape index (κ2) is 7.75. The number of amides is 1. The molecule has 2 heterocycles. The maximum absolute atomic E-state index is 13.6. The lowest BCUT2D eigenvalue weighted by atomic mass is 10.1. The Morgan fingerprint density at radius 1 is 1.34 bits per heavy atom. The molecule has 0 unspecified atom stereocenters. The fourth-order valence-electron chi connectivity index (χ4n) is 2.69. The van der Waals surface area contributed by atoms with Crippen molar-refractivity contribution in [3.8, 4) is 23.2 Å². The van der Waals surface area contributed by atoms with E-state index in [0.29, 0.717) is 22.6 Å². The van der Waals surface area contributed by atoms with Gasteiger partial charge in [-0.1, -0.05) is 18.1 Å².